The third-order valence-corrected chi connectivity index (χ3v) is 3.34. The molecule has 6 heteroatoms. The quantitative estimate of drug-likeness (QED) is 0.577. The van der Waals surface area contributed by atoms with Crippen molar-refractivity contribution in [3.63, 3.8) is 0 Å². The lowest BCUT2D eigenvalue weighted by molar-refractivity contribution is 0.476. The van der Waals surface area contributed by atoms with Crippen molar-refractivity contribution in [1.29, 1.82) is 0 Å². The Kier molecular flexibility index (Phi) is 3.59. The largest absolute Gasteiger partial charge is 0.508 e. The Morgan fingerprint density at radius 2 is 2.19 bits per heavy atom. The highest BCUT2D eigenvalue weighted by molar-refractivity contribution is 5.84. The summed E-state index contributed by atoms with van der Waals surface area (Å²) in [6.45, 7) is 0.718. The van der Waals surface area contributed by atoms with E-state index < -0.39 is 0 Å². The second-order valence-electron chi connectivity index (χ2n) is 4.74. The third kappa shape index (κ3) is 2.89. The summed E-state index contributed by atoms with van der Waals surface area (Å²) in [4.78, 5) is 11.7. The van der Waals surface area contributed by atoms with Gasteiger partial charge >= 0.3 is 0 Å². The van der Waals surface area contributed by atoms with Gasteiger partial charge in [0.2, 0.25) is 5.95 Å². The zero-order valence-corrected chi connectivity index (χ0v) is 11.7. The second kappa shape index (κ2) is 5.70. The molecule has 0 aliphatic carbocycles. The lowest BCUT2D eigenvalue weighted by Gasteiger charge is -2.05. The maximum atomic E-state index is 9.58. The van der Waals surface area contributed by atoms with E-state index in [0.717, 1.165) is 35.2 Å². The third-order valence-electron chi connectivity index (χ3n) is 3.34. The van der Waals surface area contributed by atoms with E-state index in [2.05, 4.69) is 25.6 Å². The van der Waals surface area contributed by atoms with Crippen molar-refractivity contribution in [3.8, 4) is 5.75 Å². The van der Waals surface area contributed by atoms with Crippen LogP contribution in [0.3, 0.4) is 0 Å². The Hall–Kier alpha value is -2.76. The van der Waals surface area contributed by atoms with Crippen LogP contribution in [0.15, 0.2) is 36.7 Å². The molecule has 0 saturated carbocycles. The first kappa shape index (κ1) is 13.2. The van der Waals surface area contributed by atoms with Gasteiger partial charge in [0.05, 0.1) is 0 Å². The van der Waals surface area contributed by atoms with Gasteiger partial charge in [-0.25, -0.2) is 4.98 Å². The molecule has 2 heterocycles. The van der Waals surface area contributed by atoms with Gasteiger partial charge in [-0.3, -0.25) is 0 Å². The molecule has 6 nitrogen and oxygen atoms in total. The number of aromatic hydroxyl groups is 1. The van der Waals surface area contributed by atoms with Crippen molar-refractivity contribution in [2.75, 3.05) is 24.2 Å². The molecule has 0 unspecified atom stereocenters. The lowest BCUT2D eigenvalue weighted by atomic mass is 10.1. The molecule has 0 spiro atoms. The molecule has 2 aromatic heterocycles. The molecule has 108 valence electrons. The minimum absolute atomic E-state index is 0.279. The van der Waals surface area contributed by atoms with Crippen LogP contribution in [-0.4, -0.2) is 33.7 Å². The van der Waals surface area contributed by atoms with Crippen LogP contribution in [-0.2, 0) is 6.42 Å². The molecule has 3 rings (SSSR count). The molecule has 0 fully saturated rings. The van der Waals surface area contributed by atoms with Crippen LogP contribution >= 0.6 is 0 Å². The molecule has 21 heavy (non-hydrogen) atoms. The molecule has 0 amide bonds. The number of rotatable bonds is 5. The predicted octanol–water partition coefficient (Wildman–Crippen LogP) is 2.36. The van der Waals surface area contributed by atoms with Crippen molar-refractivity contribution < 1.29 is 5.11 Å². The van der Waals surface area contributed by atoms with Gasteiger partial charge in [-0.05, 0) is 36.2 Å². The van der Waals surface area contributed by atoms with Crippen LogP contribution in [0.5, 0.6) is 5.75 Å². The molecule has 0 aliphatic heterocycles. The highest BCUT2D eigenvalue weighted by Gasteiger charge is 2.05. The summed E-state index contributed by atoms with van der Waals surface area (Å²) in [5, 5.41) is 16.8. The van der Waals surface area contributed by atoms with Crippen molar-refractivity contribution in [2.45, 2.75) is 6.42 Å². The van der Waals surface area contributed by atoms with Crippen molar-refractivity contribution in [3.05, 3.63) is 42.2 Å². The normalized spacial score (nSPS) is 10.7. The van der Waals surface area contributed by atoms with Gasteiger partial charge in [0.1, 0.15) is 11.6 Å². The number of phenols is 1. The highest BCUT2D eigenvalue weighted by atomic mass is 16.3. The fraction of sp³-hybridized carbons (Fsp3) is 0.200. The number of benzene rings is 1. The average Bonchev–Trinajstić information content (AvgIpc) is 2.90. The fourth-order valence-corrected chi connectivity index (χ4v) is 2.27. The summed E-state index contributed by atoms with van der Waals surface area (Å²) >= 11 is 0. The fourth-order valence-electron chi connectivity index (χ4n) is 2.27. The maximum absolute atomic E-state index is 9.58. The zero-order valence-electron chi connectivity index (χ0n) is 11.7. The number of phenolic OH excluding ortho intramolecular Hbond substituents is 1. The van der Waals surface area contributed by atoms with E-state index in [1.54, 1.807) is 18.3 Å². The van der Waals surface area contributed by atoms with Crippen LogP contribution in [0.4, 0.5) is 11.8 Å². The molecular formula is C15H17N5O. The summed E-state index contributed by atoms with van der Waals surface area (Å²) in [7, 11) is 1.82. The first-order valence-corrected chi connectivity index (χ1v) is 6.80. The minimum atomic E-state index is 0.279. The van der Waals surface area contributed by atoms with E-state index in [-0.39, 0.29) is 5.75 Å². The Morgan fingerprint density at radius 1 is 1.29 bits per heavy atom. The van der Waals surface area contributed by atoms with Gasteiger partial charge in [0.15, 0.2) is 0 Å². The van der Waals surface area contributed by atoms with Gasteiger partial charge in [0.25, 0.3) is 0 Å². The summed E-state index contributed by atoms with van der Waals surface area (Å²) < 4.78 is 0. The van der Waals surface area contributed by atoms with E-state index in [1.807, 2.05) is 25.4 Å². The van der Waals surface area contributed by atoms with Crippen LogP contribution < -0.4 is 10.6 Å². The van der Waals surface area contributed by atoms with E-state index in [1.165, 1.54) is 0 Å². The van der Waals surface area contributed by atoms with Crippen LogP contribution in [0.25, 0.3) is 10.9 Å². The summed E-state index contributed by atoms with van der Waals surface area (Å²) in [6.07, 6.45) is 4.50. The van der Waals surface area contributed by atoms with Gasteiger partial charge in [-0.2, -0.15) is 4.98 Å². The van der Waals surface area contributed by atoms with Gasteiger partial charge in [-0.1, -0.05) is 0 Å². The Morgan fingerprint density at radius 3 is 3.05 bits per heavy atom. The number of hydrogen-bond acceptors (Lipinski definition) is 5. The van der Waals surface area contributed by atoms with Gasteiger partial charge in [0, 0.05) is 36.9 Å². The number of H-pyrrole nitrogens is 1. The van der Waals surface area contributed by atoms with E-state index >= 15 is 0 Å². The monoisotopic (exact) mass is 283 g/mol. The molecule has 0 aliphatic rings. The molecule has 0 radical (unpaired) electrons. The number of aromatic amines is 1. The van der Waals surface area contributed by atoms with E-state index in [0.29, 0.717) is 5.95 Å². The number of nitrogens with one attached hydrogen (secondary N) is 3. The maximum Gasteiger partial charge on any atom is 0.224 e. The SMILES string of the molecule is CNc1ccnc(NCCc2c[nH]c3ccc(O)cc23)n1. The smallest absolute Gasteiger partial charge is 0.224 e. The van der Waals surface area contributed by atoms with E-state index in [4.69, 9.17) is 0 Å². The Bertz CT molecular complexity index is 753. The number of nitrogens with zero attached hydrogens (tertiary/aromatic N) is 2. The summed E-state index contributed by atoms with van der Waals surface area (Å²) in [5.41, 5.74) is 2.18. The lowest BCUT2D eigenvalue weighted by Crippen LogP contribution is -2.08. The van der Waals surface area contributed by atoms with Crippen molar-refractivity contribution >= 4 is 22.7 Å². The van der Waals surface area contributed by atoms with Crippen LogP contribution in [0, 0.1) is 0 Å². The standard InChI is InChI=1S/C15H17N5O/c1-16-14-5-7-18-15(20-14)17-6-4-10-9-19-13-3-2-11(21)8-12(10)13/h2-3,5,7-9,19,21H,4,6H2,1H3,(H2,16,17,18,20). The molecule has 0 bridgehead atoms. The summed E-state index contributed by atoms with van der Waals surface area (Å²) in [5.74, 6) is 1.66. The van der Waals surface area contributed by atoms with Gasteiger partial charge in [-0.15, -0.1) is 0 Å². The van der Waals surface area contributed by atoms with Gasteiger partial charge < -0.3 is 20.7 Å². The zero-order chi connectivity index (χ0) is 14.7. The molecule has 4 N–H and O–H groups in total. The van der Waals surface area contributed by atoms with Crippen molar-refractivity contribution in [2.24, 2.45) is 0 Å². The molecule has 3 aromatic rings. The summed E-state index contributed by atoms with van der Waals surface area (Å²) in [6, 6.07) is 7.14. The molecule has 0 atom stereocenters. The molecule has 1 aromatic carbocycles. The molecule has 0 saturated heterocycles. The van der Waals surface area contributed by atoms with Crippen LogP contribution in [0.2, 0.25) is 0 Å². The second-order valence-corrected chi connectivity index (χ2v) is 4.74. The Balaban J connectivity index is 1.67. The highest BCUT2D eigenvalue weighted by Crippen LogP contribution is 2.23. The Labute approximate surface area is 122 Å². The average molecular weight is 283 g/mol. The van der Waals surface area contributed by atoms with Crippen LogP contribution in [0.1, 0.15) is 5.56 Å². The molecular weight excluding hydrogens is 266 g/mol. The predicted molar refractivity (Wildman–Crippen MR) is 83.7 cm³/mol. The van der Waals surface area contributed by atoms with Crippen molar-refractivity contribution in [1.82, 2.24) is 15.0 Å². The number of fused-ring (bicyclic) bond motifs is 1. The first-order chi connectivity index (χ1) is 10.3. The minimum Gasteiger partial charge on any atom is -0.508 e. The number of anilines is 2. The number of hydrogen-bond donors (Lipinski definition) is 4. The van der Waals surface area contributed by atoms with E-state index in [9.17, 15) is 5.11 Å². The first-order valence-electron chi connectivity index (χ1n) is 6.80. The number of aromatic nitrogens is 3. The topological polar surface area (TPSA) is 85.9 Å².